The maximum absolute atomic E-state index is 3.99. The van der Waals surface area contributed by atoms with Gasteiger partial charge >= 0.3 is 0 Å². The molecule has 3 rings (SSSR count). The van der Waals surface area contributed by atoms with Gasteiger partial charge in [-0.1, -0.05) is 49.4 Å². The largest absolute Gasteiger partial charge is 0.313 e. The molecule has 0 spiro atoms. The van der Waals surface area contributed by atoms with Gasteiger partial charge in [-0.15, -0.1) is 5.10 Å². The lowest BCUT2D eigenvalue weighted by atomic mass is 9.56. The summed E-state index contributed by atoms with van der Waals surface area (Å²) in [4.78, 5) is 0. The Bertz CT molecular complexity index is 547. The van der Waals surface area contributed by atoms with E-state index in [-0.39, 0.29) is 0 Å². The SMILES string of the molecule is CC1(C)[C@@H](c2ccccc2)C[C@H]1NCCCn1ccnn1. The molecule has 1 aliphatic rings. The molecule has 1 N–H and O–H groups in total. The summed E-state index contributed by atoms with van der Waals surface area (Å²) in [5, 5.41) is 11.5. The van der Waals surface area contributed by atoms with Crippen molar-refractivity contribution in [3.63, 3.8) is 0 Å². The Kier molecular flexibility index (Phi) is 4.06. The van der Waals surface area contributed by atoms with Crippen LogP contribution >= 0.6 is 0 Å². The van der Waals surface area contributed by atoms with Crippen molar-refractivity contribution in [3.8, 4) is 0 Å². The van der Waals surface area contributed by atoms with E-state index >= 15 is 0 Å². The molecular weight excluding hydrogens is 260 g/mol. The van der Waals surface area contributed by atoms with E-state index in [0.29, 0.717) is 17.4 Å². The summed E-state index contributed by atoms with van der Waals surface area (Å²) in [6.07, 6.45) is 5.97. The van der Waals surface area contributed by atoms with E-state index in [2.05, 4.69) is 59.8 Å². The van der Waals surface area contributed by atoms with Gasteiger partial charge in [0.2, 0.25) is 0 Å². The number of aryl methyl sites for hydroxylation is 1. The van der Waals surface area contributed by atoms with Gasteiger partial charge in [0.1, 0.15) is 0 Å². The van der Waals surface area contributed by atoms with Crippen LogP contribution in [0, 0.1) is 5.41 Å². The summed E-state index contributed by atoms with van der Waals surface area (Å²) >= 11 is 0. The van der Waals surface area contributed by atoms with Crippen LogP contribution in [0.2, 0.25) is 0 Å². The van der Waals surface area contributed by atoms with Gasteiger partial charge in [0.25, 0.3) is 0 Å². The van der Waals surface area contributed by atoms with E-state index in [1.165, 1.54) is 12.0 Å². The monoisotopic (exact) mass is 284 g/mol. The van der Waals surface area contributed by atoms with Crippen molar-refractivity contribution in [1.29, 1.82) is 0 Å². The fourth-order valence-corrected chi connectivity index (χ4v) is 3.39. The van der Waals surface area contributed by atoms with Crippen molar-refractivity contribution in [2.45, 2.75) is 45.2 Å². The molecule has 21 heavy (non-hydrogen) atoms. The third-order valence-corrected chi connectivity index (χ3v) is 4.90. The molecule has 0 unspecified atom stereocenters. The Morgan fingerprint density at radius 3 is 2.76 bits per heavy atom. The van der Waals surface area contributed by atoms with Crippen LogP contribution in [0.5, 0.6) is 0 Å². The van der Waals surface area contributed by atoms with Gasteiger partial charge in [-0.05, 0) is 36.3 Å². The Balaban J connectivity index is 1.46. The second kappa shape index (κ2) is 5.98. The minimum atomic E-state index is 0.328. The standard InChI is InChI=1S/C17H24N4/c1-17(2)15(14-7-4-3-5-8-14)13-16(17)18-9-6-11-21-12-10-19-20-21/h3-5,7-8,10,12,15-16,18H,6,9,11,13H2,1-2H3/t15-,16-/m1/s1. The molecule has 4 nitrogen and oxygen atoms in total. The molecule has 0 radical (unpaired) electrons. The summed E-state index contributed by atoms with van der Waals surface area (Å²) < 4.78 is 1.89. The molecule has 1 aliphatic carbocycles. The van der Waals surface area contributed by atoms with Crippen molar-refractivity contribution in [1.82, 2.24) is 20.3 Å². The molecule has 1 aromatic carbocycles. The molecular formula is C17H24N4. The van der Waals surface area contributed by atoms with Gasteiger partial charge in [-0.3, -0.25) is 4.68 Å². The smallest absolute Gasteiger partial charge is 0.0692 e. The molecule has 4 heteroatoms. The predicted octanol–water partition coefficient (Wildman–Crippen LogP) is 2.84. The summed E-state index contributed by atoms with van der Waals surface area (Å²) in [5.74, 6) is 0.673. The van der Waals surface area contributed by atoms with Crippen LogP contribution in [-0.4, -0.2) is 27.6 Å². The highest BCUT2D eigenvalue weighted by atomic mass is 15.4. The van der Waals surface area contributed by atoms with E-state index in [1.54, 1.807) is 6.20 Å². The van der Waals surface area contributed by atoms with Gasteiger partial charge in [-0.2, -0.15) is 0 Å². The molecule has 1 fully saturated rings. The number of benzene rings is 1. The van der Waals surface area contributed by atoms with Crippen LogP contribution in [0.1, 0.15) is 38.2 Å². The topological polar surface area (TPSA) is 42.7 Å². The van der Waals surface area contributed by atoms with E-state index in [1.807, 2.05) is 10.9 Å². The maximum atomic E-state index is 3.99. The van der Waals surface area contributed by atoms with Gasteiger partial charge < -0.3 is 5.32 Å². The number of aromatic nitrogens is 3. The van der Waals surface area contributed by atoms with Crippen LogP contribution in [0.4, 0.5) is 0 Å². The number of nitrogens with zero attached hydrogens (tertiary/aromatic N) is 3. The van der Waals surface area contributed by atoms with E-state index in [9.17, 15) is 0 Å². The number of nitrogens with one attached hydrogen (secondary N) is 1. The van der Waals surface area contributed by atoms with Crippen LogP contribution in [0.15, 0.2) is 42.7 Å². The highest BCUT2D eigenvalue weighted by Crippen LogP contribution is 2.52. The fourth-order valence-electron chi connectivity index (χ4n) is 3.39. The first-order chi connectivity index (χ1) is 10.2. The molecule has 112 valence electrons. The third-order valence-electron chi connectivity index (χ3n) is 4.90. The van der Waals surface area contributed by atoms with Gasteiger partial charge in [-0.25, -0.2) is 0 Å². The van der Waals surface area contributed by atoms with Crippen molar-refractivity contribution in [3.05, 3.63) is 48.3 Å². The highest BCUT2D eigenvalue weighted by molar-refractivity contribution is 5.27. The lowest BCUT2D eigenvalue weighted by Crippen LogP contribution is -2.55. The van der Waals surface area contributed by atoms with Crippen molar-refractivity contribution in [2.24, 2.45) is 5.41 Å². The lowest BCUT2D eigenvalue weighted by molar-refractivity contribution is 0.0689. The van der Waals surface area contributed by atoms with E-state index in [4.69, 9.17) is 0 Å². The van der Waals surface area contributed by atoms with Crippen molar-refractivity contribution < 1.29 is 0 Å². The summed E-state index contributed by atoms with van der Waals surface area (Å²) in [6.45, 7) is 6.73. The molecule has 1 aromatic heterocycles. The van der Waals surface area contributed by atoms with Crippen LogP contribution in [0.25, 0.3) is 0 Å². The molecule has 1 saturated carbocycles. The minimum absolute atomic E-state index is 0.328. The summed E-state index contributed by atoms with van der Waals surface area (Å²) in [6, 6.07) is 11.5. The van der Waals surface area contributed by atoms with Crippen molar-refractivity contribution in [2.75, 3.05) is 6.54 Å². The van der Waals surface area contributed by atoms with Crippen LogP contribution in [-0.2, 0) is 6.54 Å². The third kappa shape index (κ3) is 3.00. The Labute approximate surface area is 126 Å². The Morgan fingerprint density at radius 1 is 1.29 bits per heavy atom. The zero-order chi connectivity index (χ0) is 14.7. The van der Waals surface area contributed by atoms with E-state index in [0.717, 1.165) is 19.5 Å². The highest BCUT2D eigenvalue weighted by Gasteiger charge is 2.47. The lowest BCUT2D eigenvalue weighted by Gasteiger charge is -2.53. The fraction of sp³-hybridized carbons (Fsp3) is 0.529. The average molecular weight is 284 g/mol. The first kappa shape index (κ1) is 14.3. The second-order valence-electron chi connectivity index (χ2n) is 6.55. The Morgan fingerprint density at radius 2 is 2.10 bits per heavy atom. The molecule has 0 amide bonds. The molecule has 0 aliphatic heterocycles. The first-order valence-corrected chi connectivity index (χ1v) is 7.80. The van der Waals surface area contributed by atoms with Crippen LogP contribution in [0.3, 0.4) is 0 Å². The molecule has 0 saturated heterocycles. The average Bonchev–Trinajstić information content (AvgIpc) is 3.00. The van der Waals surface area contributed by atoms with Crippen molar-refractivity contribution >= 4 is 0 Å². The second-order valence-corrected chi connectivity index (χ2v) is 6.55. The first-order valence-electron chi connectivity index (χ1n) is 7.80. The predicted molar refractivity (Wildman–Crippen MR) is 84.0 cm³/mol. The number of hydrogen-bond acceptors (Lipinski definition) is 3. The molecule has 1 heterocycles. The molecule has 2 atom stereocenters. The van der Waals surface area contributed by atoms with Crippen LogP contribution < -0.4 is 5.32 Å². The molecule has 0 bridgehead atoms. The summed E-state index contributed by atoms with van der Waals surface area (Å²) in [5.41, 5.74) is 1.80. The minimum Gasteiger partial charge on any atom is -0.313 e. The zero-order valence-corrected chi connectivity index (χ0v) is 12.9. The van der Waals surface area contributed by atoms with Gasteiger partial charge in [0, 0.05) is 18.8 Å². The quantitative estimate of drug-likeness (QED) is 0.829. The van der Waals surface area contributed by atoms with Gasteiger partial charge in [0.05, 0.1) is 6.20 Å². The normalized spacial score (nSPS) is 23.7. The molecule has 2 aromatic rings. The van der Waals surface area contributed by atoms with E-state index < -0.39 is 0 Å². The van der Waals surface area contributed by atoms with Gasteiger partial charge in [0.15, 0.2) is 0 Å². The zero-order valence-electron chi connectivity index (χ0n) is 12.9. The summed E-state index contributed by atoms with van der Waals surface area (Å²) in [7, 11) is 0. The number of rotatable bonds is 6. The maximum Gasteiger partial charge on any atom is 0.0692 e. The Hall–Kier alpha value is -1.68. The number of hydrogen-bond donors (Lipinski definition) is 1.